The van der Waals surface area contributed by atoms with E-state index in [9.17, 15) is 0 Å². The quantitative estimate of drug-likeness (QED) is 0.635. The summed E-state index contributed by atoms with van der Waals surface area (Å²) in [4.78, 5) is 2.50. The number of nitrogens with two attached hydrogens (primary N) is 1. The van der Waals surface area contributed by atoms with Crippen molar-refractivity contribution >= 4 is 0 Å². The minimum Gasteiger partial charge on any atom is -0.328 e. The van der Waals surface area contributed by atoms with Crippen LogP contribution in [0.1, 0.15) is 40.0 Å². The zero-order valence-electron chi connectivity index (χ0n) is 8.84. The SMILES string of the molecule is CCCN(CCC)CCC(C)N. The highest BCUT2D eigenvalue weighted by Crippen LogP contribution is 1.97. The van der Waals surface area contributed by atoms with Crippen molar-refractivity contribution in [3.63, 3.8) is 0 Å². The Hall–Kier alpha value is -0.0800. The third kappa shape index (κ3) is 6.62. The fourth-order valence-electron chi connectivity index (χ4n) is 1.35. The fourth-order valence-corrected chi connectivity index (χ4v) is 1.35. The van der Waals surface area contributed by atoms with Gasteiger partial charge in [0.25, 0.3) is 0 Å². The van der Waals surface area contributed by atoms with E-state index in [2.05, 4.69) is 25.7 Å². The standard InChI is InChI=1S/C10H24N2/c1-4-7-12(8-5-2)9-6-10(3)11/h10H,4-9,11H2,1-3H3. The molecule has 2 heteroatoms. The van der Waals surface area contributed by atoms with Crippen molar-refractivity contribution < 1.29 is 0 Å². The van der Waals surface area contributed by atoms with Crippen molar-refractivity contribution in [2.24, 2.45) is 5.73 Å². The van der Waals surface area contributed by atoms with Crippen molar-refractivity contribution in [2.45, 2.75) is 46.1 Å². The van der Waals surface area contributed by atoms with Gasteiger partial charge in [0, 0.05) is 6.04 Å². The van der Waals surface area contributed by atoms with Crippen molar-refractivity contribution in [1.82, 2.24) is 4.90 Å². The zero-order valence-corrected chi connectivity index (χ0v) is 8.84. The van der Waals surface area contributed by atoms with E-state index >= 15 is 0 Å². The molecule has 12 heavy (non-hydrogen) atoms. The summed E-state index contributed by atoms with van der Waals surface area (Å²) < 4.78 is 0. The first kappa shape index (κ1) is 11.9. The summed E-state index contributed by atoms with van der Waals surface area (Å²) >= 11 is 0. The van der Waals surface area contributed by atoms with Gasteiger partial charge in [0.15, 0.2) is 0 Å². The Balaban J connectivity index is 3.48. The summed E-state index contributed by atoms with van der Waals surface area (Å²) in [6, 6.07) is 0.348. The molecular formula is C10H24N2. The monoisotopic (exact) mass is 172 g/mol. The number of hydrogen-bond donors (Lipinski definition) is 1. The van der Waals surface area contributed by atoms with E-state index < -0.39 is 0 Å². The van der Waals surface area contributed by atoms with Crippen LogP contribution in [0.3, 0.4) is 0 Å². The summed E-state index contributed by atoms with van der Waals surface area (Å²) in [7, 11) is 0. The van der Waals surface area contributed by atoms with Gasteiger partial charge in [-0.15, -0.1) is 0 Å². The number of nitrogens with zero attached hydrogens (tertiary/aromatic N) is 1. The maximum atomic E-state index is 5.71. The van der Waals surface area contributed by atoms with E-state index in [1.165, 1.54) is 32.5 Å². The van der Waals surface area contributed by atoms with Crippen LogP contribution in [0.25, 0.3) is 0 Å². The molecule has 0 aliphatic heterocycles. The molecule has 2 nitrogen and oxygen atoms in total. The molecule has 0 radical (unpaired) electrons. The predicted molar refractivity (Wildman–Crippen MR) is 55.3 cm³/mol. The lowest BCUT2D eigenvalue weighted by Gasteiger charge is -2.21. The van der Waals surface area contributed by atoms with Gasteiger partial charge >= 0.3 is 0 Å². The normalized spacial score (nSPS) is 13.8. The van der Waals surface area contributed by atoms with Crippen LogP contribution < -0.4 is 5.73 Å². The summed E-state index contributed by atoms with van der Waals surface area (Å²) in [5, 5.41) is 0. The maximum absolute atomic E-state index is 5.71. The molecule has 1 unspecified atom stereocenters. The Morgan fingerprint density at radius 3 is 1.92 bits per heavy atom. The first-order valence-electron chi connectivity index (χ1n) is 5.18. The average molecular weight is 172 g/mol. The highest BCUT2D eigenvalue weighted by atomic mass is 15.1. The van der Waals surface area contributed by atoms with Crippen molar-refractivity contribution in [3.8, 4) is 0 Å². The second-order valence-electron chi connectivity index (χ2n) is 3.61. The molecule has 0 heterocycles. The van der Waals surface area contributed by atoms with Gasteiger partial charge in [0.05, 0.1) is 0 Å². The van der Waals surface area contributed by atoms with Gasteiger partial charge in [0.2, 0.25) is 0 Å². The van der Waals surface area contributed by atoms with E-state index in [0.717, 1.165) is 6.42 Å². The van der Waals surface area contributed by atoms with Crippen LogP contribution in [-0.4, -0.2) is 30.6 Å². The molecule has 0 fully saturated rings. The zero-order chi connectivity index (χ0) is 9.40. The Morgan fingerprint density at radius 1 is 1.08 bits per heavy atom. The van der Waals surface area contributed by atoms with E-state index in [0.29, 0.717) is 6.04 Å². The Kier molecular flexibility index (Phi) is 7.51. The predicted octanol–water partition coefficient (Wildman–Crippen LogP) is 1.85. The van der Waals surface area contributed by atoms with Crippen LogP contribution in [-0.2, 0) is 0 Å². The molecule has 0 aliphatic rings. The molecule has 0 rings (SSSR count). The molecule has 0 aromatic heterocycles. The van der Waals surface area contributed by atoms with Gasteiger partial charge in [-0.1, -0.05) is 13.8 Å². The molecule has 2 N–H and O–H groups in total. The van der Waals surface area contributed by atoms with Crippen molar-refractivity contribution in [3.05, 3.63) is 0 Å². The lowest BCUT2D eigenvalue weighted by molar-refractivity contribution is 0.265. The molecule has 1 atom stereocenters. The molecule has 74 valence electrons. The van der Waals surface area contributed by atoms with Crippen LogP contribution in [0.5, 0.6) is 0 Å². The Labute approximate surface area is 77.1 Å². The summed E-state index contributed by atoms with van der Waals surface area (Å²) in [6.45, 7) is 10.2. The number of rotatable bonds is 7. The summed E-state index contributed by atoms with van der Waals surface area (Å²) in [5.41, 5.74) is 5.71. The molecule has 0 spiro atoms. The van der Waals surface area contributed by atoms with Crippen LogP contribution in [0.15, 0.2) is 0 Å². The van der Waals surface area contributed by atoms with Crippen molar-refractivity contribution in [2.75, 3.05) is 19.6 Å². The smallest absolute Gasteiger partial charge is 0.00226 e. The lowest BCUT2D eigenvalue weighted by atomic mass is 10.2. The highest BCUT2D eigenvalue weighted by Gasteiger charge is 2.02. The summed E-state index contributed by atoms with van der Waals surface area (Å²) in [5.74, 6) is 0. The van der Waals surface area contributed by atoms with Gasteiger partial charge in [0.1, 0.15) is 0 Å². The number of hydrogen-bond acceptors (Lipinski definition) is 2. The molecule has 0 saturated carbocycles. The molecule has 0 bridgehead atoms. The Morgan fingerprint density at radius 2 is 1.58 bits per heavy atom. The van der Waals surface area contributed by atoms with E-state index in [1.54, 1.807) is 0 Å². The molecule has 0 aromatic carbocycles. The van der Waals surface area contributed by atoms with Crippen LogP contribution >= 0.6 is 0 Å². The second-order valence-corrected chi connectivity index (χ2v) is 3.61. The third-order valence-corrected chi connectivity index (χ3v) is 1.98. The molecule has 0 saturated heterocycles. The summed E-state index contributed by atoms with van der Waals surface area (Å²) in [6.07, 6.45) is 3.62. The van der Waals surface area contributed by atoms with E-state index in [1.807, 2.05) is 0 Å². The van der Waals surface area contributed by atoms with E-state index in [4.69, 9.17) is 5.73 Å². The van der Waals surface area contributed by atoms with Crippen LogP contribution in [0, 0.1) is 0 Å². The Bertz CT molecular complexity index is 85.8. The first-order chi connectivity index (χ1) is 5.70. The van der Waals surface area contributed by atoms with Crippen LogP contribution in [0.4, 0.5) is 0 Å². The van der Waals surface area contributed by atoms with E-state index in [-0.39, 0.29) is 0 Å². The minimum absolute atomic E-state index is 0.348. The molecular weight excluding hydrogens is 148 g/mol. The fraction of sp³-hybridized carbons (Fsp3) is 1.00. The second kappa shape index (κ2) is 7.56. The first-order valence-corrected chi connectivity index (χ1v) is 5.18. The minimum atomic E-state index is 0.348. The van der Waals surface area contributed by atoms with Crippen LogP contribution in [0.2, 0.25) is 0 Å². The van der Waals surface area contributed by atoms with Gasteiger partial charge in [-0.25, -0.2) is 0 Å². The topological polar surface area (TPSA) is 29.3 Å². The van der Waals surface area contributed by atoms with Gasteiger partial charge in [-0.2, -0.15) is 0 Å². The molecule has 0 aliphatic carbocycles. The van der Waals surface area contributed by atoms with Gasteiger partial charge < -0.3 is 10.6 Å². The molecule has 0 aromatic rings. The third-order valence-electron chi connectivity index (χ3n) is 1.98. The largest absolute Gasteiger partial charge is 0.328 e. The highest BCUT2D eigenvalue weighted by molar-refractivity contribution is 4.60. The van der Waals surface area contributed by atoms with Gasteiger partial charge in [-0.05, 0) is 45.8 Å². The maximum Gasteiger partial charge on any atom is 0.00226 e. The lowest BCUT2D eigenvalue weighted by Crippen LogP contribution is -2.30. The van der Waals surface area contributed by atoms with Gasteiger partial charge in [-0.3, -0.25) is 0 Å². The molecule has 0 amide bonds. The van der Waals surface area contributed by atoms with Crippen molar-refractivity contribution in [1.29, 1.82) is 0 Å². The average Bonchev–Trinajstić information content (AvgIpc) is 2.01.